The number of hydrogen-bond acceptors (Lipinski definition) is 5. The Hall–Kier alpha value is -1.50. The molecule has 1 saturated heterocycles. The minimum absolute atomic E-state index is 0.117. The number of methoxy groups -OCH3 is 2. The van der Waals surface area contributed by atoms with Crippen LogP contribution in [0.4, 0.5) is 5.69 Å². The molecule has 23 heavy (non-hydrogen) atoms. The zero-order chi connectivity index (χ0) is 17.0. The van der Waals surface area contributed by atoms with Gasteiger partial charge >= 0.3 is 0 Å². The summed E-state index contributed by atoms with van der Waals surface area (Å²) in [4.78, 5) is 14.4. The van der Waals surface area contributed by atoms with Crippen molar-refractivity contribution in [3.63, 3.8) is 0 Å². The van der Waals surface area contributed by atoms with Crippen molar-refractivity contribution in [1.29, 1.82) is 0 Å². The first-order chi connectivity index (χ1) is 10.9. The van der Waals surface area contributed by atoms with E-state index in [0.717, 1.165) is 13.1 Å². The van der Waals surface area contributed by atoms with Crippen LogP contribution in [0.1, 0.15) is 13.8 Å². The van der Waals surface area contributed by atoms with Crippen molar-refractivity contribution in [2.24, 2.45) is 0 Å². The van der Waals surface area contributed by atoms with E-state index in [0.29, 0.717) is 28.8 Å². The van der Waals surface area contributed by atoms with Gasteiger partial charge in [-0.15, -0.1) is 0 Å². The molecule has 128 valence electrons. The van der Waals surface area contributed by atoms with Crippen LogP contribution in [0.25, 0.3) is 0 Å². The molecule has 1 aromatic carbocycles. The lowest BCUT2D eigenvalue weighted by molar-refractivity contribution is -0.121. The predicted molar refractivity (Wildman–Crippen MR) is 89.6 cm³/mol. The van der Waals surface area contributed by atoms with E-state index < -0.39 is 0 Å². The zero-order valence-electron chi connectivity index (χ0n) is 13.9. The van der Waals surface area contributed by atoms with Crippen molar-refractivity contribution >= 4 is 23.2 Å². The van der Waals surface area contributed by atoms with Crippen molar-refractivity contribution < 1.29 is 19.0 Å². The summed E-state index contributed by atoms with van der Waals surface area (Å²) >= 11 is 6.06. The lowest BCUT2D eigenvalue weighted by atomic mass is 10.2. The molecule has 1 amide bonds. The Labute approximate surface area is 141 Å². The van der Waals surface area contributed by atoms with Crippen LogP contribution in [-0.2, 0) is 9.53 Å². The highest BCUT2D eigenvalue weighted by molar-refractivity contribution is 6.32. The number of carbonyl (C=O) groups excluding carboxylic acids is 1. The monoisotopic (exact) mass is 342 g/mol. The third-order valence-corrected chi connectivity index (χ3v) is 3.91. The Kier molecular flexibility index (Phi) is 6.10. The fraction of sp³-hybridized carbons (Fsp3) is 0.562. The first kappa shape index (κ1) is 17.8. The number of carbonyl (C=O) groups is 1. The number of morpholine rings is 1. The number of nitrogens with zero attached hydrogens (tertiary/aromatic N) is 1. The average Bonchev–Trinajstić information content (AvgIpc) is 2.47. The number of benzene rings is 1. The lowest BCUT2D eigenvalue weighted by Crippen LogP contribution is -2.48. The highest BCUT2D eigenvalue weighted by Crippen LogP contribution is 2.35. The minimum atomic E-state index is -0.117. The van der Waals surface area contributed by atoms with E-state index in [1.807, 2.05) is 13.8 Å². The topological polar surface area (TPSA) is 60.0 Å². The molecule has 1 aromatic rings. The number of anilines is 1. The number of hydrogen-bond donors (Lipinski definition) is 1. The average molecular weight is 343 g/mol. The highest BCUT2D eigenvalue weighted by Gasteiger charge is 2.24. The fourth-order valence-electron chi connectivity index (χ4n) is 2.76. The van der Waals surface area contributed by atoms with E-state index in [1.54, 1.807) is 12.1 Å². The summed E-state index contributed by atoms with van der Waals surface area (Å²) in [5.74, 6) is 0.859. The molecule has 6 nitrogen and oxygen atoms in total. The molecule has 2 rings (SSSR count). The second-order valence-electron chi connectivity index (χ2n) is 5.69. The molecule has 2 atom stereocenters. The molecule has 0 aromatic heterocycles. The molecule has 0 saturated carbocycles. The van der Waals surface area contributed by atoms with Gasteiger partial charge in [-0.3, -0.25) is 9.69 Å². The van der Waals surface area contributed by atoms with Crippen LogP contribution in [-0.4, -0.2) is 56.9 Å². The normalized spacial score (nSPS) is 21.8. The van der Waals surface area contributed by atoms with Gasteiger partial charge in [0.15, 0.2) is 0 Å². The largest absolute Gasteiger partial charge is 0.495 e. The van der Waals surface area contributed by atoms with Gasteiger partial charge in [0.2, 0.25) is 5.91 Å². The van der Waals surface area contributed by atoms with Gasteiger partial charge in [-0.2, -0.15) is 0 Å². The van der Waals surface area contributed by atoms with Crippen molar-refractivity contribution in [3.05, 3.63) is 17.2 Å². The summed E-state index contributed by atoms with van der Waals surface area (Å²) in [7, 11) is 3.05. The van der Waals surface area contributed by atoms with Crippen molar-refractivity contribution in [3.8, 4) is 11.5 Å². The summed E-state index contributed by atoms with van der Waals surface area (Å²) in [6.45, 7) is 5.78. The molecule has 1 N–H and O–H groups in total. The van der Waals surface area contributed by atoms with E-state index in [2.05, 4.69) is 10.2 Å². The molecule has 0 unspecified atom stereocenters. The molecular formula is C16H23ClN2O4. The van der Waals surface area contributed by atoms with E-state index >= 15 is 0 Å². The number of ether oxygens (including phenoxy) is 3. The number of rotatable bonds is 5. The van der Waals surface area contributed by atoms with Gasteiger partial charge in [0, 0.05) is 25.2 Å². The predicted octanol–water partition coefficient (Wildman–Crippen LogP) is 2.40. The molecular weight excluding hydrogens is 320 g/mol. The van der Waals surface area contributed by atoms with E-state index in [9.17, 15) is 4.79 Å². The van der Waals surface area contributed by atoms with Crippen LogP contribution in [0, 0.1) is 0 Å². The Balaban J connectivity index is 2.05. The van der Waals surface area contributed by atoms with Gasteiger partial charge in [-0.1, -0.05) is 11.6 Å². The van der Waals surface area contributed by atoms with Gasteiger partial charge in [0.05, 0.1) is 43.7 Å². The Morgan fingerprint density at radius 3 is 2.43 bits per heavy atom. The van der Waals surface area contributed by atoms with Crippen LogP contribution in [0.2, 0.25) is 5.02 Å². The molecule has 0 bridgehead atoms. The van der Waals surface area contributed by atoms with E-state index in [-0.39, 0.29) is 18.1 Å². The van der Waals surface area contributed by atoms with Crippen LogP contribution in [0.3, 0.4) is 0 Å². The zero-order valence-corrected chi connectivity index (χ0v) is 14.6. The number of amides is 1. The number of nitrogens with one attached hydrogen (secondary N) is 1. The Bertz CT molecular complexity index is 557. The Morgan fingerprint density at radius 2 is 1.87 bits per heavy atom. The molecule has 1 fully saturated rings. The molecule has 1 aliphatic rings. The van der Waals surface area contributed by atoms with Gasteiger partial charge in [-0.05, 0) is 13.8 Å². The summed E-state index contributed by atoms with van der Waals surface area (Å²) in [6, 6.07) is 3.28. The van der Waals surface area contributed by atoms with Crippen LogP contribution in [0.15, 0.2) is 12.1 Å². The van der Waals surface area contributed by atoms with E-state index in [1.165, 1.54) is 14.2 Å². The second-order valence-corrected chi connectivity index (χ2v) is 6.09. The maximum Gasteiger partial charge on any atom is 0.238 e. The molecule has 0 radical (unpaired) electrons. The van der Waals surface area contributed by atoms with E-state index in [4.69, 9.17) is 25.8 Å². The molecule has 0 aliphatic carbocycles. The van der Waals surface area contributed by atoms with Crippen LogP contribution < -0.4 is 14.8 Å². The van der Waals surface area contributed by atoms with Gasteiger partial charge in [0.25, 0.3) is 0 Å². The maximum absolute atomic E-state index is 12.3. The van der Waals surface area contributed by atoms with Gasteiger partial charge in [0.1, 0.15) is 11.5 Å². The third-order valence-electron chi connectivity index (χ3n) is 3.61. The Morgan fingerprint density at radius 1 is 1.26 bits per heavy atom. The highest BCUT2D eigenvalue weighted by atomic mass is 35.5. The van der Waals surface area contributed by atoms with Crippen LogP contribution in [0.5, 0.6) is 11.5 Å². The SMILES string of the molecule is COc1cc(NC(=O)CN2C[C@H](C)O[C@@H](C)C2)c(OC)cc1Cl. The summed E-state index contributed by atoms with van der Waals surface area (Å²) in [5, 5.41) is 3.28. The van der Waals surface area contributed by atoms with Crippen molar-refractivity contribution in [2.75, 3.05) is 39.2 Å². The fourth-order valence-corrected chi connectivity index (χ4v) is 3.00. The van der Waals surface area contributed by atoms with Gasteiger partial charge in [-0.25, -0.2) is 0 Å². The lowest BCUT2D eigenvalue weighted by Gasteiger charge is -2.34. The quantitative estimate of drug-likeness (QED) is 0.890. The first-order valence-corrected chi connectivity index (χ1v) is 7.90. The summed E-state index contributed by atoms with van der Waals surface area (Å²) in [5.41, 5.74) is 0.535. The summed E-state index contributed by atoms with van der Waals surface area (Å²) in [6.07, 6.45) is 0.244. The van der Waals surface area contributed by atoms with Crippen LogP contribution >= 0.6 is 11.6 Å². The first-order valence-electron chi connectivity index (χ1n) is 7.52. The molecule has 7 heteroatoms. The molecule has 0 spiro atoms. The van der Waals surface area contributed by atoms with Crippen molar-refractivity contribution in [2.45, 2.75) is 26.1 Å². The maximum atomic E-state index is 12.3. The van der Waals surface area contributed by atoms with Gasteiger partial charge < -0.3 is 19.5 Å². The molecule has 1 heterocycles. The smallest absolute Gasteiger partial charge is 0.238 e. The minimum Gasteiger partial charge on any atom is -0.495 e. The standard InChI is InChI=1S/C16H23ClN2O4/c1-10-7-19(8-11(2)23-10)9-16(20)18-13-6-14(21-3)12(17)5-15(13)22-4/h5-6,10-11H,7-9H2,1-4H3,(H,18,20)/t10-,11-/m0/s1. The second kappa shape index (κ2) is 7.86. The van der Waals surface area contributed by atoms with Crippen molar-refractivity contribution in [1.82, 2.24) is 4.90 Å². The molecule has 1 aliphatic heterocycles. The summed E-state index contributed by atoms with van der Waals surface area (Å²) < 4.78 is 16.1. The number of halogens is 1. The third kappa shape index (κ3) is 4.73.